The van der Waals surface area contributed by atoms with Crippen molar-refractivity contribution in [3.63, 3.8) is 0 Å². The standard InChI is InChI=1S/C13H32OS4Si2.C6H15ClSi.3CH4.2Na.S4/c1-7-14-20(5,6)13-9-11-18(17-16-15)10-8-12-19(2,3)4;1-8(2,3)6-4-5-7;;;;;;1-3-4-2/h7-13H2,1-6H3;4-6H2,1-3H3;3*1H4;;;. The third kappa shape index (κ3) is 60.7. The number of halogens is 1. The molecule has 1 atom stereocenters. The van der Waals surface area contributed by atoms with E-state index in [2.05, 4.69) is 81.7 Å². The van der Waals surface area contributed by atoms with Gasteiger partial charge in [0.1, 0.15) is 0 Å². The van der Waals surface area contributed by atoms with Crippen molar-refractivity contribution in [3.05, 3.63) is 0 Å². The van der Waals surface area contributed by atoms with Gasteiger partial charge in [-0.2, -0.15) is 0 Å². The van der Waals surface area contributed by atoms with E-state index < -0.39 is 24.5 Å². The van der Waals surface area contributed by atoms with Crippen molar-refractivity contribution in [2.45, 2.75) is 119 Å². The Balaban J connectivity index is -0.0000000887. The molecule has 0 aliphatic rings. The quantitative estimate of drug-likeness (QED) is 0.138. The molecular formula is C22H59ClNa2OS8Si3. The van der Waals surface area contributed by atoms with Crippen LogP contribution in [0.4, 0.5) is 0 Å². The first-order valence-corrected chi connectivity index (χ1v) is 40.3. The normalized spacial score (nSPS) is 11.0. The number of hydrogen-bond acceptors (Lipinski definition) is 4. The van der Waals surface area contributed by atoms with E-state index in [9.17, 15) is 0 Å². The molecule has 0 aliphatic heterocycles. The van der Waals surface area contributed by atoms with E-state index in [1.165, 1.54) is 119 Å². The Morgan fingerprint density at radius 3 is 1.35 bits per heavy atom. The average Bonchev–Trinajstić information content (AvgIpc) is 2.73. The molecule has 0 aromatic rings. The van der Waals surface area contributed by atoms with Gasteiger partial charge in [0, 0.05) is 68.8 Å². The second-order valence-electron chi connectivity index (χ2n) is 10.4. The zero-order valence-electron chi connectivity index (χ0n) is 23.6. The van der Waals surface area contributed by atoms with Gasteiger partial charge in [-0.15, -0.1) is 21.1 Å². The molecule has 1 nitrogen and oxygen atoms in total. The fourth-order valence-electron chi connectivity index (χ4n) is 2.69. The van der Waals surface area contributed by atoms with E-state index in [0.717, 1.165) is 12.5 Å². The maximum atomic E-state index is 5.91. The molecule has 0 aromatic heterocycles. The van der Waals surface area contributed by atoms with Gasteiger partial charge in [-0.1, -0.05) is 73.7 Å². The molecule has 0 saturated carbocycles. The van der Waals surface area contributed by atoms with Crippen LogP contribution >= 0.6 is 11.6 Å². The summed E-state index contributed by atoms with van der Waals surface area (Å²) in [6.45, 7) is 22.2. The molecule has 0 bridgehead atoms. The fraction of sp³-hybridized carbons (Fsp3) is 1.00. The van der Waals surface area contributed by atoms with E-state index >= 15 is 0 Å². The topological polar surface area (TPSA) is 9.23 Å². The molecule has 0 heterocycles. The van der Waals surface area contributed by atoms with Crippen LogP contribution < -0.4 is 0 Å². The fourth-order valence-corrected chi connectivity index (χ4v) is 14.7. The summed E-state index contributed by atoms with van der Waals surface area (Å²) in [6.07, 6.45) is 3.92. The molecule has 0 spiro atoms. The van der Waals surface area contributed by atoms with Crippen LogP contribution in [-0.2, 0) is 83.0 Å². The summed E-state index contributed by atoms with van der Waals surface area (Å²) in [6, 6.07) is 4.12. The number of alkyl halides is 1. The van der Waals surface area contributed by atoms with Crippen LogP contribution in [0.5, 0.6) is 0 Å². The zero-order chi connectivity index (χ0) is 27.7. The van der Waals surface area contributed by atoms with Crippen molar-refractivity contribution in [2.75, 3.05) is 24.0 Å². The van der Waals surface area contributed by atoms with E-state index in [1.54, 1.807) is 0 Å². The monoisotopic (exact) mass is 760 g/mol. The minimum absolute atomic E-state index is 0. The molecule has 0 aromatic carbocycles. The van der Waals surface area contributed by atoms with Gasteiger partial charge >= 0.3 is 43.6 Å². The van der Waals surface area contributed by atoms with Crippen molar-refractivity contribution in [1.29, 1.82) is 0 Å². The van der Waals surface area contributed by atoms with Gasteiger partial charge in [-0.25, -0.2) is 0 Å². The zero-order valence-corrected chi connectivity index (χ0v) is 37.9. The van der Waals surface area contributed by atoms with Crippen molar-refractivity contribution in [2.24, 2.45) is 0 Å². The predicted octanol–water partition coefficient (Wildman–Crippen LogP) is 8.51. The van der Waals surface area contributed by atoms with Crippen molar-refractivity contribution in [3.8, 4) is 0 Å². The van der Waals surface area contributed by atoms with E-state index in [4.69, 9.17) is 27.2 Å². The molecule has 15 heteroatoms. The Morgan fingerprint density at radius 2 is 1.08 bits per heavy atom. The van der Waals surface area contributed by atoms with Crippen LogP contribution in [0.25, 0.3) is 0 Å². The summed E-state index contributed by atoms with van der Waals surface area (Å²) < 4.78 is 5.91. The number of rotatable bonds is 13. The summed E-state index contributed by atoms with van der Waals surface area (Å²) >= 11 is 22.2. The molecule has 0 amide bonds. The predicted molar refractivity (Wildman–Crippen MR) is 215 cm³/mol. The Hall–Kier alpha value is 4.79. The average molecular weight is 762 g/mol. The van der Waals surface area contributed by atoms with Gasteiger partial charge in [0.25, 0.3) is 0 Å². The minimum atomic E-state index is -1.39. The Labute approximate surface area is 300 Å². The summed E-state index contributed by atoms with van der Waals surface area (Å²) in [5, 5.41) is 0. The molecule has 1 unspecified atom stereocenters. The molecule has 222 valence electrons. The van der Waals surface area contributed by atoms with Gasteiger partial charge in [0.15, 0.2) is 8.32 Å². The van der Waals surface area contributed by atoms with Gasteiger partial charge in [-0.05, 0) is 85.8 Å². The second kappa shape index (κ2) is 38.8. The molecule has 0 rings (SSSR count). The van der Waals surface area contributed by atoms with Crippen LogP contribution in [0.3, 0.4) is 0 Å². The van der Waals surface area contributed by atoms with Gasteiger partial charge in [0.05, 0.1) is 0 Å². The maximum absolute atomic E-state index is 5.91. The summed E-state index contributed by atoms with van der Waals surface area (Å²) in [4.78, 5) is 0. The van der Waals surface area contributed by atoms with Gasteiger partial charge < -0.3 is 4.43 Å². The number of hydrogen-bond donors (Lipinski definition) is 0. The third-order valence-corrected chi connectivity index (χ3v) is 20.2. The SMILES string of the molecule is C.C.C.CCO[Si](C)(C)CCCS(CCC[Si](C)(C)C)=S=S=S.C[Si](C)(C)CCCCl.S=S=S=S.[Na][Na]. The van der Waals surface area contributed by atoms with Crippen LogP contribution in [0, 0.1) is 0 Å². The van der Waals surface area contributed by atoms with Crippen molar-refractivity contribution < 1.29 is 4.43 Å². The van der Waals surface area contributed by atoms with Gasteiger partial charge in [0.2, 0.25) is 0 Å². The Morgan fingerprint density at radius 1 is 0.703 bits per heavy atom. The summed E-state index contributed by atoms with van der Waals surface area (Å²) in [5.74, 6) is 3.54. The summed E-state index contributed by atoms with van der Waals surface area (Å²) in [5.41, 5.74) is 0. The Kier molecular flexibility index (Phi) is 60.3. The Bertz CT molecular complexity index is 645. The van der Waals surface area contributed by atoms with Gasteiger partial charge in [-0.3, -0.25) is 0 Å². The molecule has 0 fully saturated rings. The molecule has 0 N–H and O–H groups in total. The van der Waals surface area contributed by atoms with Crippen LogP contribution in [-0.4, -0.2) is 92.1 Å². The first kappa shape index (κ1) is 57.4. The van der Waals surface area contributed by atoms with E-state index in [0.29, 0.717) is 9.45 Å². The third-order valence-electron chi connectivity index (χ3n) is 4.20. The van der Waals surface area contributed by atoms with Crippen molar-refractivity contribution in [1.82, 2.24) is 0 Å². The first-order chi connectivity index (χ1) is 15.7. The molecule has 37 heavy (non-hydrogen) atoms. The summed E-state index contributed by atoms with van der Waals surface area (Å²) in [7, 11) is 3.27. The van der Waals surface area contributed by atoms with E-state index in [-0.39, 0.29) is 22.3 Å². The van der Waals surface area contributed by atoms with E-state index in [1.807, 2.05) is 8.88 Å². The van der Waals surface area contributed by atoms with Crippen molar-refractivity contribution >= 4 is 158 Å². The van der Waals surface area contributed by atoms with Crippen LogP contribution in [0.2, 0.25) is 70.5 Å². The molecule has 0 saturated heterocycles. The van der Waals surface area contributed by atoms with Crippen LogP contribution in [0.1, 0.15) is 48.5 Å². The molecule has 0 radical (unpaired) electrons. The first-order valence-electron chi connectivity index (χ1n) is 12.1. The molecular weight excluding hydrogens is 702 g/mol. The second-order valence-corrected chi connectivity index (χ2v) is 36.5. The molecule has 0 aliphatic carbocycles. The van der Waals surface area contributed by atoms with Crippen LogP contribution in [0.15, 0.2) is 0 Å².